The number of aryl methyl sites for hydroxylation is 2. The van der Waals surface area contributed by atoms with E-state index in [1.807, 2.05) is 39.8 Å². The van der Waals surface area contributed by atoms with Crippen LogP contribution >= 0.6 is 0 Å². The molecular weight excluding hydrogens is 362 g/mol. The molecule has 0 radical (unpaired) electrons. The van der Waals surface area contributed by atoms with E-state index >= 15 is 0 Å². The summed E-state index contributed by atoms with van der Waals surface area (Å²) in [5, 5.41) is 12.6. The molecule has 2 rings (SSSR count). The Morgan fingerprint density at radius 1 is 1.21 bits per heavy atom. The van der Waals surface area contributed by atoms with Gasteiger partial charge < -0.3 is 19.6 Å². The number of amides is 1. The van der Waals surface area contributed by atoms with Crippen LogP contribution in [0, 0.1) is 19.8 Å². The summed E-state index contributed by atoms with van der Waals surface area (Å²) in [5.74, 6) is -0.700. The van der Waals surface area contributed by atoms with E-state index in [9.17, 15) is 19.5 Å². The highest BCUT2D eigenvalue weighted by atomic mass is 16.5. The van der Waals surface area contributed by atoms with Gasteiger partial charge in [-0.3, -0.25) is 4.79 Å². The summed E-state index contributed by atoms with van der Waals surface area (Å²) in [6.45, 7) is 7.42. The summed E-state index contributed by atoms with van der Waals surface area (Å²) >= 11 is 0. The van der Waals surface area contributed by atoms with Gasteiger partial charge in [0.25, 0.3) is 0 Å². The van der Waals surface area contributed by atoms with E-state index in [4.69, 9.17) is 9.15 Å². The monoisotopic (exact) mass is 389 g/mol. The number of hydrogen-bond donors (Lipinski definition) is 2. The summed E-state index contributed by atoms with van der Waals surface area (Å²) in [5.41, 5.74) is 1.89. The number of aliphatic carboxylic acids is 1. The minimum Gasteiger partial charge on any atom is -0.496 e. The summed E-state index contributed by atoms with van der Waals surface area (Å²) in [4.78, 5) is 36.0. The zero-order chi connectivity index (χ0) is 21.0. The van der Waals surface area contributed by atoms with Crippen molar-refractivity contribution in [3.63, 3.8) is 0 Å². The molecule has 0 aliphatic carbocycles. The molecule has 0 saturated carbocycles. The summed E-state index contributed by atoms with van der Waals surface area (Å²) in [6.07, 6.45) is 0.530. The molecule has 1 amide bonds. The lowest BCUT2D eigenvalue weighted by Gasteiger charge is -2.16. The lowest BCUT2D eigenvalue weighted by Crippen LogP contribution is -2.41. The highest BCUT2D eigenvalue weighted by Gasteiger charge is 2.22. The minimum atomic E-state index is -1.06. The van der Waals surface area contributed by atoms with Gasteiger partial charge in [-0.1, -0.05) is 13.8 Å². The Morgan fingerprint density at radius 2 is 1.89 bits per heavy atom. The van der Waals surface area contributed by atoms with Crippen LogP contribution in [0.4, 0.5) is 0 Å². The van der Waals surface area contributed by atoms with E-state index in [1.165, 1.54) is 0 Å². The first-order chi connectivity index (χ1) is 13.1. The first-order valence-electron chi connectivity index (χ1n) is 9.27. The van der Waals surface area contributed by atoms with Crippen molar-refractivity contribution in [1.29, 1.82) is 0 Å². The van der Waals surface area contributed by atoms with Crippen LogP contribution in [0.3, 0.4) is 0 Å². The normalized spacial score (nSPS) is 12.2. The van der Waals surface area contributed by atoms with Gasteiger partial charge in [0.15, 0.2) is 0 Å². The zero-order valence-corrected chi connectivity index (χ0v) is 16.9. The maximum absolute atomic E-state index is 12.5. The molecule has 0 fully saturated rings. The molecular formula is C21H27NO6. The molecule has 7 heteroatoms. The van der Waals surface area contributed by atoms with Crippen LogP contribution in [-0.2, 0) is 16.0 Å². The molecule has 28 heavy (non-hydrogen) atoms. The molecule has 1 atom stereocenters. The molecule has 0 aliphatic rings. The van der Waals surface area contributed by atoms with Crippen molar-refractivity contribution in [2.24, 2.45) is 5.92 Å². The SMILES string of the molecule is COc1ccc2c(C)c(CCC(=O)NC(CC(C)C)C(=O)O)c(=O)oc2c1C. The largest absolute Gasteiger partial charge is 0.496 e. The molecule has 2 aromatic rings. The molecule has 0 saturated heterocycles. The Kier molecular flexibility index (Phi) is 6.83. The van der Waals surface area contributed by atoms with Crippen LogP contribution in [0.5, 0.6) is 5.75 Å². The number of fused-ring (bicyclic) bond motifs is 1. The second-order valence-corrected chi connectivity index (χ2v) is 7.35. The third-order valence-electron chi connectivity index (χ3n) is 4.82. The fourth-order valence-electron chi connectivity index (χ4n) is 3.28. The number of rotatable bonds is 8. The van der Waals surface area contributed by atoms with Gasteiger partial charge in [-0.15, -0.1) is 0 Å². The molecule has 0 spiro atoms. The van der Waals surface area contributed by atoms with Crippen LogP contribution in [0.25, 0.3) is 11.0 Å². The predicted octanol–water partition coefficient (Wildman–Crippen LogP) is 2.97. The van der Waals surface area contributed by atoms with Crippen molar-refractivity contribution < 1.29 is 23.8 Å². The maximum Gasteiger partial charge on any atom is 0.339 e. The molecule has 2 N–H and O–H groups in total. The quantitative estimate of drug-likeness (QED) is 0.673. The number of hydrogen-bond acceptors (Lipinski definition) is 5. The van der Waals surface area contributed by atoms with Crippen LogP contribution in [0.2, 0.25) is 0 Å². The van der Waals surface area contributed by atoms with Gasteiger partial charge >= 0.3 is 11.6 Å². The Hall–Kier alpha value is -2.83. The van der Waals surface area contributed by atoms with Gasteiger partial charge in [-0.25, -0.2) is 9.59 Å². The summed E-state index contributed by atoms with van der Waals surface area (Å²) in [7, 11) is 1.55. The number of nitrogens with one attached hydrogen (secondary N) is 1. The summed E-state index contributed by atoms with van der Waals surface area (Å²) < 4.78 is 10.8. The Labute approximate surface area is 163 Å². The highest BCUT2D eigenvalue weighted by Crippen LogP contribution is 2.29. The topological polar surface area (TPSA) is 106 Å². The molecule has 1 unspecified atom stereocenters. The highest BCUT2D eigenvalue weighted by molar-refractivity contribution is 5.86. The van der Waals surface area contributed by atoms with Crippen LogP contribution in [0.15, 0.2) is 21.3 Å². The van der Waals surface area contributed by atoms with E-state index in [1.54, 1.807) is 7.11 Å². The maximum atomic E-state index is 12.5. The van der Waals surface area contributed by atoms with Gasteiger partial charge in [-0.2, -0.15) is 0 Å². The molecule has 7 nitrogen and oxygen atoms in total. The van der Waals surface area contributed by atoms with Crippen molar-refractivity contribution in [2.45, 2.75) is 53.0 Å². The zero-order valence-electron chi connectivity index (χ0n) is 16.9. The fraction of sp³-hybridized carbons (Fsp3) is 0.476. The lowest BCUT2D eigenvalue weighted by atomic mass is 10.00. The number of carboxylic acid groups (broad SMARTS) is 1. The Bertz CT molecular complexity index is 944. The first-order valence-corrected chi connectivity index (χ1v) is 9.27. The van der Waals surface area contributed by atoms with Crippen molar-refractivity contribution >= 4 is 22.8 Å². The average molecular weight is 389 g/mol. The fourth-order valence-corrected chi connectivity index (χ4v) is 3.28. The van der Waals surface area contributed by atoms with Crippen LogP contribution in [-0.4, -0.2) is 30.1 Å². The number of carbonyl (C=O) groups is 2. The number of methoxy groups -OCH3 is 1. The molecule has 0 bridgehead atoms. The van der Waals surface area contributed by atoms with E-state index in [0.717, 1.165) is 16.5 Å². The Morgan fingerprint density at radius 3 is 2.46 bits per heavy atom. The second-order valence-electron chi connectivity index (χ2n) is 7.35. The number of carboxylic acids is 1. The van der Waals surface area contributed by atoms with Crippen molar-refractivity contribution in [1.82, 2.24) is 5.32 Å². The minimum absolute atomic E-state index is 0.00805. The number of benzene rings is 1. The van der Waals surface area contributed by atoms with Crippen molar-refractivity contribution in [2.75, 3.05) is 7.11 Å². The number of carbonyl (C=O) groups excluding carboxylic acids is 1. The van der Waals surface area contributed by atoms with E-state index in [0.29, 0.717) is 23.3 Å². The summed E-state index contributed by atoms with van der Waals surface area (Å²) in [6, 6.07) is 2.70. The molecule has 152 valence electrons. The van der Waals surface area contributed by atoms with Crippen molar-refractivity contribution in [3.8, 4) is 5.75 Å². The Balaban J connectivity index is 2.21. The van der Waals surface area contributed by atoms with Crippen LogP contribution < -0.4 is 15.7 Å². The van der Waals surface area contributed by atoms with Gasteiger partial charge in [0.05, 0.1) is 7.11 Å². The third-order valence-corrected chi connectivity index (χ3v) is 4.82. The van der Waals surface area contributed by atoms with E-state index < -0.39 is 23.5 Å². The van der Waals surface area contributed by atoms with Gasteiger partial charge in [0.1, 0.15) is 17.4 Å². The third kappa shape index (κ3) is 4.71. The number of ether oxygens (including phenoxy) is 1. The van der Waals surface area contributed by atoms with Gasteiger partial charge in [-0.05, 0) is 50.3 Å². The molecule has 1 aromatic heterocycles. The smallest absolute Gasteiger partial charge is 0.339 e. The second kappa shape index (κ2) is 8.91. The van der Waals surface area contributed by atoms with E-state index in [2.05, 4.69) is 5.32 Å². The lowest BCUT2D eigenvalue weighted by molar-refractivity contribution is -0.142. The predicted molar refractivity (Wildman–Crippen MR) is 106 cm³/mol. The first kappa shape index (κ1) is 21.5. The van der Waals surface area contributed by atoms with Gasteiger partial charge in [0.2, 0.25) is 5.91 Å². The molecule has 1 aromatic carbocycles. The van der Waals surface area contributed by atoms with Crippen LogP contribution in [0.1, 0.15) is 43.4 Å². The standard InChI is InChI=1S/C21H27NO6/c1-11(2)10-16(20(24)25)22-18(23)9-7-15-12(3)14-6-8-17(27-5)13(4)19(14)28-21(15)26/h6,8,11,16H,7,9-10H2,1-5H3,(H,22,23)(H,24,25). The van der Waals surface area contributed by atoms with E-state index in [-0.39, 0.29) is 18.8 Å². The molecule has 0 aliphatic heterocycles. The average Bonchev–Trinajstić information content (AvgIpc) is 2.61. The van der Waals surface area contributed by atoms with Gasteiger partial charge in [0, 0.05) is 22.9 Å². The van der Waals surface area contributed by atoms with Crippen molar-refractivity contribution in [3.05, 3.63) is 39.2 Å². The molecule has 1 heterocycles.